The predicted molar refractivity (Wildman–Crippen MR) is 66.1 cm³/mol. The Morgan fingerprint density at radius 1 is 1.50 bits per heavy atom. The van der Waals surface area contributed by atoms with Gasteiger partial charge in [0.05, 0.1) is 5.56 Å². The molecule has 1 N–H and O–H groups in total. The van der Waals surface area contributed by atoms with Crippen molar-refractivity contribution in [3.05, 3.63) is 47.5 Å². The zero-order chi connectivity index (χ0) is 13.1. The van der Waals surface area contributed by atoms with Crippen LogP contribution in [-0.4, -0.2) is 20.6 Å². The molecule has 0 saturated carbocycles. The van der Waals surface area contributed by atoms with E-state index < -0.39 is 11.8 Å². The van der Waals surface area contributed by atoms with E-state index in [0.29, 0.717) is 11.3 Å². The van der Waals surface area contributed by atoms with Gasteiger partial charge in [0.1, 0.15) is 5.82 Å². The summed E-state index contributed by atoms with van der Waals surface area (Å²) < 4.78 is 15.1. The molecule has 94 valence electrons. The molecule has 1 aromatic carbocycles. The summed E-state index contributed by atoms with van der Waals surface area (Å²) in [5, 5.41) is 9.64. The molecule has 4 nitrogen and oxygen atoms in total. The van der Waals surface area contributed by atoms with Gasteiger partial charge in [0, 0.05) is 25.2 Å². The molecule has 6 heteroatoms. The van der Waals surface area contributed by atoms with E-state index in [1.807, 2.05) is 17.8 Å². The lowest BCUT2D eigenvalue weighted by Gasteiger charge is -2.04. The summed E-state index contributed by atoms with van der Waals surface area (Å²) in [7, 11) is 1.86. The van der Waals surface area contributed by atoms with Crippen LogP contribution in [0.1, 0.15) is 15.9 Å². The number of aromatic carboxylic acids is 1. The lowest BCUT2D eigenvalue weighted by Crippen LogP contribution is -1.99. The zero-order valence-electron chi connectivity index (χ0n) is 9.63. The zero-order valence-corrected chi connectivity index (χ0v) is 10.4. The van der Waals surface area contributed by atoms with Gasteiger partial charge in [-0.25, -0.2) is 14.2 Å². The van der Waals surface area contributed by atoms with Crippen LogP contribution in [-0.2, 0) is 12.8 Å². The molecule has 0 bridgehead atoms. The third-order valence-corrected chi connectivity index (χ3v) is 3.48. The Morgan fingerprint density at radius 3 is 2.89 bits per heavy atom. The van der Waals surface area contributed by atoms with Crippen molar-refractivity contribution < 1.29 is 14.3 Å². The van der Waals surface area contributed by atoms with Crippen LogP contribution < -0.4 is 0 Å². The number of hydrogen-bond donors (Lipinski definition) is 1. The Morgan fingerprint density at radius 2 is 2.28 bits per heavy atom. The molecule has 0 fully saturated rings. The average molecular weight is 266 g/mol. The fourth-order valence-corrected chi connectivity index (χ4v) is 2.36. The van der Waals surface area contributed by atoms with Crippen molar-refractivity contribution in [2.75, 3.05) is 0 Å². The minimum atomic E-state index is -1.13. The van der Waals surface area contributed by atoms with E-state index >= 15 is 0 Å². The molecule has 0 aliphatic carbocycles. The number of benzene rings is 1. The van der Waals surface area contributed by atoms with Crippen molar-refractivity contribution in [2.24, 2.45) is 7.05 Å². The Kier molecular flexibility index (Phi) is 3.66. The average Bonchev–Trinajstić information content (AvgIpc) is 2.71. The van der Waals surface area contributed by atoms with Gasteiger partial charge in [0.15, 0.2) is 5.16 Å². The Balaban J connectivity index is 2.14. The number of nitrogens with zero attached hydrogens (tertiary/aromatic N) is 2. The van der Waals surface area contributed by atoms with Gasteiger partial charge >= 0.3 is 5.97 Å². The second-order valence-electron chi connectivity index (χ2n) is 3.76. The number of carboxylic acids is 1. The molecular weight excluding hydrogens is 255 g/mol. The fraction of sp³-hybridized carbons (Fsp3) is 0.167. The standard InChI is InChI=1S/C12H11FN2O2S/c1-15-3-2-14-12(15)18-7-8-4-9(11(16)17)6-10(13)5-8/h2-6H,7H2,1H3,(H,16,17). The van der Waals surface area contributed by atoms with Crippen LogP contribution in [0.15, 0.2) is 35.7 Å². The SMILES string of the molecule is Cn1ccnc1SCc1cc(F)cc(C(=O)O)c1. The molecular formula is C12H11FN2O2S. The second-order valence-corrected chi connectivity index (χ2v) is 4.71. The van der Waals surface area contributed by atoms with Gasteiger partial charge in [0.25, 0.3) is 0 Å². The van der Waals surface area contributed by atoms with Crippen LogP contribution in [0.2, 0.25) is 0 Å². The molecule has 1 heterocycles. The molecule has 0 atom stereocenters. The minimum absolute atomic E-state index is 0.0366. The number of carboxylic acid groups (broad SMARTS) is 1. The van der Waals surface area contributed by atoms with E-state index in [2.05, 4.69) is 4.98 Å². The molecule has 0 aliphatic heterocycles. The topological polar surface area (TPSA) is 55.1 Å². The van der Waals surface area contributed by atoms with Gasteiger partial charge in [-0.3, -0.25) is 0 Å². The first-order chi connectivity index (χ1) is 8.56. The highest BCUT2D eigenvalue weighted by molar-refractivity contribution is 7.98. The highest BCUT2D eigenvalue weighted by atomic mass is 32.2. The van der Waals surface area contributed by atoms with E-state index in [4.69, 9.17) is 5.11 Å². The summed E-state index contributed by atoms with van der Waals surface area (Å²) in [6.45, 7) is 0. The highest BCUT2D eigenvalue weighted by Gasteiger charge is 2.08. The van der Waals surface area contributed by atoms with Crippen LogP contribution in [0.4, 0.5) is 4.39 Å². The normalized spacial score (nSPS) is 10.6. The molecule has 0 spiro atoms. The highest BCUT2D eigenvalue weighted by Crippen LogP contribution is 2.21. The number of hydrogen-bond acceptors (Lipinski definition) is 3. The summed E-state index contributed by atoms with van der Waals surface area (Å²) in [6, 6.07) is 3.82. The van der Waals surface area contributed by atoms with E-state index in [-0.39, 0.29) is 5.56 Å². The van der Waals surface area contributed by atoms with Crippen LogP contribution >= 0.6 is 11.8 Å². The van der Waals surface area contributed by atoms with Crippen molar-refractivity contribution >= 4 is 17.7 Å². The van der Waals surface area contributed by atoms with Crippen molar-refractivity contribution in [3.63, 3.8) is 0 Å². The Bertz CT molecular complexity index is 583. The van der Waals surface area contributed by atoms with E-state index in [9.17, 15) is 9.18 Å². The Hall–Kier alpha value is -1.82. The largest absolute Gasteiger partial charge is 0.478 e. The second kappa shape index (κ2) is 5.22. The van der Waals surface area contributed by atoms with Crippen molar-refractivity contribution in [2.45, 2.75) is 10.9 Å². The molecule has 0 amide bonds. The molecule has 18 heavy (non-hydrogen) atoms. The number of carbonyl (C=O) groups is 1. The Labute approximate surface area is 107 Å². The first-order valence-corrected chi connectivity index (χ1v) is 6.17. The van der Waals surface area contributed by atoms with Gasteiger partial charge in [-0.1, -0.05) is 11.8 Å². The van der Waals surface area contributed by atoms with Gasteiger partial charge < -0.3 is 9.67 Å². The molecule has 0 unspecified atom stereocenters. The smallest absolute Gasteiger partial charge is 0.335 e. The van der Waals surface area contributed by atoms with Crippen LogP contribution in [0.3, 0.4) is 0 Å². The van der Waals surface area contributed by atoms with E-state index in [1.165, 1.54) is 23.9 Å². The van der Waals surface area contributed by atoms with Gasteiger partial charge in [0.2, 0.25) is 0 Å². The van der Waals surface area contributed by atoms with E-state index in [0.717, 1.165) is 11.2 Å². The van der Waals surface area contributed by atoms with Crippen molar-refractivity contribution in [1.82, 2.24) is 9.55 Å². The summed E-state index contributed by atoms with van der Waals surface area (Å²) in [5.41, 5.74) is 0.589. The fourth-order valence-electron chi connectivity index (χ4n) is 1.50. The van der Waals surface area contributed by atoms with Gasteiger partial charge in [-0.15, -0.1) is 0 Å². The van der Waals surface area contributed by atoms with Crippen LogP contribution in [0, 0.1) is 5.82 Å². The maximum Gasteiger partial charge on any atom is 0.335 e. The molecule has 0 saturated heterocycles. The summed E-state index contributed by atoms with van der Waals surface area (Å²) in [6.07, 6.45) is 3.49. The molecule has 2 aromatic rings. The number of halogens is 1. The maximum absolute atomic E-state index is 13.2. The number of aromatic nitrogens is 2. The minimum Gasteiger partial charge on any atom is -0.478 e. The quantitative estimate of drug-likeness (QED) is 0.864. The first-order valence-electron chi connectivity index (χ1n) is 5.19. The molecule has 0 radical (unpaired) electrons. The summed E-state index contributed by atoms with van der Waals surface area (Å²) >= 11 is 1.43. The summed E-state index contributed by atoms with van der Waals surface area (Å²) in [5.74, 6) is -1.19. The lowest BCUT2D eigenvalue weighted by molar-refractivity contribution is 0.0696. The predicted octanol–water partition coefficient (Wildman–Crippen LogP) is 2.55. The number of aryl methyl sites for hydroxylation is 1. The van der Waals surface area contributed by atoms with Crippen molar-refractivity contribution in [1.29, 1.82) is 0 Å². The van der Waals surface area contributed by atoms with Crippen LogP contribution in [0.5, 0.6) is 0 Å². The lowest BCUT2D eigenvalue weighted by atomic mass is 10.1. The van der Waals surface area contributed by atoms with E-state index in [1.54, 1.807) is 6.20 Å². The number of thioether (sulfide) groups is 1. The number of imidazole rings is 1. The molecule has 0 aliphatic rings. The van der Waals surface area contributed by atoms with Crippen molar-refractivity contribution in [3.8, 4) is 0 Å². The number of rotatable bonds is 4. The third kappa shape index (κ3) is 2.89. The van der Waals surface area contributed by atoms with Crippen LogP contribution in [0.25, 0.3) is 0 Å². The first kappa shape index (κ1) is 12.6. The third-order valence-electron chi connectivity index (χ3n) is 2.35. The van der Waals surface area contributed by atoms with Gasteiger partial charge in [-0.05, 0) is 23.8 Å². The monoisotopic (exact) mass is 266 g/mol. The summed E-state index contributed by atoms with van der Waals surface area (Å²) in [4.78, 5) is 14.9. The molecule has 1 aromatic heterocycles. The van der Waals surface area contributed by atoms with Gasteiger partial charge in [-0.2, -0.15) is 0 Å². The molecule has 2 rings (SSSR count). The maximum atomic E-state index is 13.2.